The molecular weight excluding hydrogens is 186 g/mol. The minimum atomic E-state index is 0.544. The molecule has 0 aromatic heterocycles. The number of hydrogen-bond donors (Lipinski definition) is 2. The lowest BCUT2D eigenvalue weighted by Gasteiger charge is -2.26. The lowest BCUT2D eigenvalue weighted by atomic mass is 10.1. The Balaban J connectivity index is 2.15. The molecule has 0 aromatic rings. The Hall–Kier alpha value is -1.22. The Morgan fingerprint density at radius 1 is 1.67 bits per heavy atom. The van der Waals surface area contributed by atoms with Crippen LogP contribution in [0, 0.1) is 5.92 Å². The van der Waals surface area contributed by atoms with E-state index in [0.29, 0.717) is 12.0 Å². The third-order valence-electron chi connectivity index (χ3n) is 3.34. The zero-order valence-corrected chi connectivity index (χ0v) is 9.19. The second-order valence-corrected chi connectivity index (χ2v) is 4.23. The van der Waals surface area contributed by atoms with E-state index in [1.54, 1.807) is 6.08 Å². The average Bonchev–Trinajstić information content (AvgIpc) is 2.84. The number of rotatable bonds is 3. The van der Waals surface area contributed by atoms with Crippen molar-refractivity contribution < 1.29 is 0 Å². The zero-order valence-electron chi connectivity index (χ0n) is 9.19. The Labute approximate surface area is 91.1 Å². The highest BCUT2D eigenvalue weighted by Crippen LogP contribution is 2.38. The maximum absolute atomic E-state index is 6.03. The van der Waals surface area contributed by atoms with E-state index in [1.807, 2.05) is 6.08 Å². The van der Waals surface area contributed by atoms with Gasteiger partial charge in [-0.1, -0.05) is 13.0 Å². The van der Waals surface area contributed by atoms with Gasteiger partial charge in [0.25, 0.3) is 0 Å². The van der Waals surface area contributed by atoms with Crippen molar-refractivity contribution in [1.29, 1.82) is 0 Å². The topological polar surface area (TPSA) is 55.3 Å². The number of nitrogens with two attached hydrogens (primary N) is 2. The highest BCUT2D eigenvalue weighted by molar-refractivity contribution is 5.40. The molecule has 2 bridgehead atoms. The molecule has 3 nitrogen and oxygen atoms in total. The molecule has 2 aliphatic rings. The lowest BCUT2D eigenvalue weighted by Crippen LogP contribution is -2.34. The quantitative estimate of drug-likeness (QED) is 0.675. The molecule has 0 saturated carbocycles. The van der Waals surface area contributed by atoms with Gasteiger partial charge in [-0.3, -0.25) is 4.90 Å². The van der Waals surface area contributed by atoms with Gasteiger partial charge in [0.15, 0.2) is 0 Å². The summed E-state index contributed by atoms with van der Waals surface area (Å²) in [6.45, 7) is 4.52. The van der Waals surface area contributed by atoms with E-state index in [0.717, 1.165) is 12.2 Å². The highest BCUT2D eigenvalue weighted by atomic mass is 15.2. The fourth-order valence-corrected chi connectivity index (χ4v) is 2.64. The predicted molar refractivity (Wildman–Crippen MR) is 62.8 cm³/mol. The summed E-state index contributed by atoms with van der Waals surface area (Å²) in [4.78, 5) is 2.49. The van der Waals surface area contributed by atoms with E-state index < -0.39 is 0 Å². The van der Waals surface area contributed by atoms with E-state index in [1.165, 1.54) is 24.7 Å². The minimum absolute atomic E-state index is 0.544. The van der Waals surface area contributed by atoms with Crippen molar-refractivity contribution in [1.82, 2.24) is 4.90 Å². The van der Waals surface area contributed by atoms with Crippen molar-refractivity contribution in [2.45, 2.75) is 19.4 Å². The van der Waals surface area contributed by atoms with Crippen LogP contribution in [0.5, 0.6) is 0 Å². The van der Waals surface area contributed by atoms with E-state index in [2.05, 4.69) is 17.9 Å². The first-order valence-electron chi connectivity index (χ1n) is 5.56. The van der Waals surface area contributed by atoms with Gasteiger partial charge < -0.3 is 11.5 Å². The first-order valence-corrected chi connectivity index (χ1v) is 5.56. The molecule has 0 amide bonds. The second kappa shape index (κ2) is 4.11. The molecule has 1 heterocycles. The van der Waals surface area contributed by atoms with Crippen LogP contribution in [0.1, 0.15) is 13.3 Å². The molecule has 0 spiro atoms. The maximum Gasteiger partial charge on any atom is 0.0371 e. The molecule has 4 N–H and O–H groups in total. The average molecular weight is 205 g/mol. The number of hydrogen-bond acceptors (Lipinski definition) is 3. The van der Waals surface area contributed by atoms with Gasteiger partial charge in [-0.2, -0.15) is 0 Å². The maximum atomic E-state index is 6.03. The molecule has 15 heavy (non-hydrogen) atoms. The normalized spacial score (nSPS) is 31.5. The summed E-state index contributed by atoms with van der Waals surface area (Å²) in [7, 11) is 0. The van der Waals surface area contributed by atoms with Crippen LogP contribution in [0.25, 0.3) is 0 Å². The molecule has 2 unspecified atom stereocenters. The van der Waals surface area contributed by atoms with Crippen LogP contribution in [0.15, 0.2) is 35.7 Å². The largest absolute Gasteiger partial charge is 0.405 e. The molecule has 82 valence electrons. The van der Waals surface area contributed by atoms with Crippen molar-refractivity contribution in [3.05, 3.63) is 35.7 Å². The number of fused-ring (bicyclic) bond motifs is 2. The van der Waals surface area contributed by atoms with E-state index in [9.17, 15) is 0 Å². The van der Waals surface area contributed by atoms with Crippen molar-refractivity contribution >= 4 is 0 Å². The highest BCUT2D eigenvalue weighted by Gasteiger charge is 2.38. The predicted octanol–water partition coefficient (Wildman–Crippen LogP) is 0.952. The van der Waals surface area contributed by atoms with Gasteiger partial charge in [0.05, 0.1) is 0 Å². The van der Waals surface area contributed by atoms with Crippen molar-refractivity contribution in [2.75, 3.05) is 13.1 Å². The summed E-state index contributed by atoms with van der Waals surface area (Å²) in [5, 5.41) is 0. The Morgan fingerprint density at radius 2 is 2.47 bits per heavy atom. The lowest BCUT2D eigenvalue weighted by molar-refractivity contribution is 0.286. The molecule has 2 rings (SSSR count). The van der Waals surface area contributed by atoms with Gasteiger partial charge in [-0.25, -0.2) is 0 Å². The molecule has 1 aliphatic carbocycles. The van der Waals surface area contributed by atoms with Gasteiger partial charge in [0.2, 0.25) is 0 Å². The van der Waals surface area contributed by atoms with Crippen LogP contribution in [0.2, 0.25) is 0 Å². The molecule has 2 atom stereocenters. The van der Waals surface area contributed by atoms with Crippen LogP contribution in [0.4, 0.5) is 0 Å². The molecule has 0 radical (unpaired) electrons. The van der Waals surface area contributed by atoms with E-state index in [-0.39, 0.29) is 0 Å². The Kier molecular flexibility index (Phi) is 2.82. The molecule has 1 fully saturated rings. The van der Waals surface area contributed by atoms with Crippen molar-refractivity contribution in [2.24, 2.45) is 17.4 Å². The van der Waals surface area contributed by atoms with Crippen molar-refractivity contribution in [3.8, 4) is 0 Å². The summed E-state index contributed by atoms with van der Waals surface area (Å²) in [6.07, 6.45) is 8.76. The summed E-state index contributed by atoms with van der Waals surface area (Å²) in [5.41, 5.74) is 13.5. The van der Waals surface area contributed by atoms with Crippen LogP contribution in [-0.2, 0) is 0 Å². The Morgan fingerprint density at radius 3 is 3.07 bits per heavy atom. The SMILES string of the molecule is CCN1CC2C=C(/C(N)=C/C=C\N)C1C2. The number of allylic oxidation sites excluding steroid dienone is 2. The van der Waals surface area contributed by atoms with Crippen molar-refractivity contribution in [3.63, 3.8) is 0 Å². The summed E-state index contributed by atoms with van der Waals surface area (Å²) in [6, 6.07) is 0.544. The molecule has 1 aliphatic heterocycles. The summed E-state index contributed by atoms with van der Waals surface area (Å²) in [5.74, 6) is 0.707. The minimum Gasteiger partial charge on any atom is -0.405 e. The standard InChI is InChI=1S/C12H19N3/c1-2-15-8-9-6-10(12(15)7-9)11(14)4-3-5-13/h3-6,9,12H,2,7-8,13-14H2,1H3/b5-3-,11-4-. The second-order valence-electron chi connectivity index (χ2n) is 4.23. The third kappa shape index (κ3) is 1.79. The van der Waals surface area contributed by atoms with E-state index in [4.69, 9.17) is 11.5 Å². The third-order valence-corrected chi connectivity index (χ3v) is 3.34. The number of likely N-dealkylation sites (N-methyl/N-ethyl adjacent to an activating group) is 1. The first kappa shape index (κ1) is 10.3. The monoisotopic (exact) mass is 205 g/mol. The van der Waals surface area contributed by atoms with Crippen LogP contribution in [-0.4, -0.2) is 24.0 Å². The van der Waals surface area contributed by atoms with Crippen LogP contribution >= 0.6 is 0 Å². The fourth-order valence-electron chi connectivity index (χ4n) is 2.64. The summed E-state index contributed by atoms with van der Waals surface area (Å²) >= 11 is 0. The van der Waals surface area contributed by atoms with E-state index >= 15 is 0 Å². The first-order chi connectivity index (χ1) is 7.26. The van der Waals surface area contributed by atoms with Gasteiger partial charge in [0, 0.05) is 18.3 Å². The molecule has 3 heteroatoms. The van der Waals surface area contributed by atoms with Gasteiger partial charge in [-0.05, 0) is 42.8 Å². The molecule has 1 saturated heterocycles. The molecule has 0 aromatic carbocycles. The number of likely N-dealkylation sites (tertiary alicyclic amines) is 1. The molecular formula is C12H19N3. The Bertz CT molecular complexity index is 328. The fraction of sp³-hybridized carbons (Fsp3) is 0.500. The van der Waals surface area contributed by atoms with Gasteiger partial charge >= 0.3 is 0 Å². The van der Waals surface area contributed by atoms with Gasteiger partial charge in [-0.15, -0.1) is 0 Å². The zero-order chi connectivity index (χ0) is 10.8. The smallest absolute Gasteiger partial charge is 0.0371 e. The van der Waals surface area contributed by atoms with Gasteiger partial charge in [0.1, 0.15) is 0 Å². The van der Waals surface area contributed by atoms with Crippen LogP contribution < -0.4 is 11.5 Å². The summed E-state index contributed by atoms with van der Waals surface area (Å²) < 4.78 is 0. The van der Waals surface area contributed by atoms with Crippen LogP contribution in [0.3, 0.4) is 0 Å². The number of nitrogens with zero attached hydrogens (tertiary/aromatic N) is 1.